The average molecular weight is 645 g/mol. The zero-order valence-corrected chi connectivity index (χ0v) is 19.7. The molecule has 0 aromatic heterocycles. The molecule has 0 aliphatic heterocycles. The molecule has 2 aromatic rings. The van der Waals surface area contributed by atoms with E-state index >= 15 is 0 Å². The van der Waals surface area contributed by atoms with Gasteiger partial charge in [0.1, 0.15) is 11.5 Å². The molecular formula is C20H10F15NO4S. The molecule has 0 fully saturated rings. The standard InChI is InChI=1S/C20H10F15NO4S/c21-14(22)16(25,26)18(29,30)19(31,32)17(27,28)15(23,24)13(36-40-41(37,38)20(33,34)35)10-6-8-12(9-7-10)39-11-4-2-1-3-5-11/h1-9,14H. The van der Waals surface area contributed by atoms with Crippen LogP contribution in [0, 0.1) is 0 Å². The van der Waals surface area contributed by atoms with Gasteiger partial charge in [0, 0.05) is 5.56 Å². The largest absolute Gasteiger partial charge is 0.536 e. The Morgan fingerprint density at radius 2 is 1.12 bits per heavy atom. The first-order chi connectivity index (χ1) is 18.3. The number of para-hydroxylation sites is 1. The number of alkyl halides is 15. The molecule has 41 heavy (non-hydrogen) atoms. The van der Waals surface area contributed by atoms with Crippen LogP contribution in [0.5, 0.6) is 11.5 Å². The summed E-state index contributed by atoms with van der Waals surface area (Å²) in [6, 6.07) is 8.29. The molecule has 0 N–H and O–H groups in total. The molecule has 0 spiro atoms. The lowest BCUT2D eigenvalue weighted by Gasteiger charge is -2.39. The van der Waals surface area contributed by atoms with Gasteiger partial charge in [-0.25, -0.2) is 8.78 Å². The van der Waals surface area contributed by atoms with E-state index in [0.717, 1.165) is 0 Å². The number of halogens is 15. The van der Waals surface area contributed by atoms with Crippen LogP contribution in [0.3, 0.4) is 0 Å². The van der Waals surface area contributed by atoms with Crippen LogP contribution in [0.4, 0.5) is 65.9 Å². The molecule has 0 aliphatic carbocycles. The normalized spacial score (nSPS) is 14.8. The smallest absolute Gasteiger partial charge is 0.457 e. The van der Waals surface area contributed by atoms with Crippen LogP contribution < -0.4 is 4.74 Å². The average Bonchev–Trinajstić information content (AvgIpc) is 2.84. The first kappa shape index (κ1) is 33.8. The summed E-state index contributed by atoms with van der Waals surface area (Å²) >= 11 is 0. The first-order valence-corrected chi connectivity index (χ1v) is 11.3. The third-order valence-corrected chi connectivity index (χ3v) is 5.63. The fourth-order valence-electron chi connectivity index (χ4n) is 2.61. The Morgan fingerprint density at radius 3 is 1.56 bits per heavy atom. The second-order valence-corrected chi connectivity index (χ2v) is 9.10. The molecule has 2 aromatic carbocycles. The van der Waals surface area contributed by atoms with Gasteiger partial charge < -0.3 is 4.74 Å². The molecule has 2 rings (SSSR count). The van der Waals surface area contributed by atoms with Crippen LogP contribution in [-0.4, -0.2) is 55.7 Å². The first-order valence-electron chi connectivity index (χ1n) is 9.93. The van der Waals surface area contributed by atoms with Crippen molar-refractivity contribution in [1.82, 2.24) is 0 Å². The van der Waals surface area contributed by atoms with Gasteiger partial charge in [-0.15, -0.1) is 0 Å². The Balaban J connectivity index is 2.71. The minimum absolute atomic E-state index is 0.0347. The van der Waals surface area contributed by atoms with Crippen LogP contribution in [-0.2, 0) is 14.4 Å². The molecule has 0 bridgehead atoms. The Labute approximate surface area is 218 Å². The van der Waals surface area contributed by atoms with E-state index in [1.165, 1.54) is 30.3 Å². The van der Waals surface area contributed by atoms with Crippen molar-refractivity contribution in [3.05, 3.63) is 60.2 Å². The molecule has 0 saturated heterocycles. The van der Waals surface area contributed by atoms with Gasteiger partial charge >= 0.3 is 51.7 Å². The third kappa shape index (κ3) is 5.98. The van der Waals surface area contributed by atoms with Crippen molar-refractivity contribution in [2.75, 3.05) is 0 Å². The van der Waals surface area contributed by atoms with Crippen molar-refractivity contribution in [3.8, 4) is 11.5 Å². The Bertz CT molecular complexity index is 1340. The molecular weight excluding hydrogens is 635 g/mol. The monoisotopic (exact) mass is 645 g/mol. The summed E-state index contributed by atoms with van der Waals surface area (Å²) in [6.45, 7) is 0. The quantitative estimate of drug-likeness (QED) is 0.110. The van der Waals surface area contributed by atoms with Crippen LogP contribution >= 0.6 is 0 Å². The minimum atomic E-state index is -8.09. The maximum Gasteiger partial charge on any atom is 0.536 e. The predicted molar refractivity (Wildman–Crippen MR) is 106 cm³/mol. The lowest BCUT2D eigenvalue weighted by Crippen LogP contribution is -2.70. The zero-order chi connectivity index (χ0) is 31.9. The number of benzene rings is 2. The molecule has 0 saturated carbocycles. The maximum atomic E-state index is 14.8. The van der Waals surface area contributed by atoms with E-state index < -0.39 is 62.9 Å². The number of rotatable bonds is 11. The van der Waals surface area contributed by atoms with Gasteiger partial charge in [-0.05, 0) is 36.4 Å². The number of nitrogens with zero attached hydrogens (tertiary/aromatic N) is 1. The van der Waals surface area contributed by atoms with Crippen LogP contribution in [0.25, 0.3) is 0 Å². The molecule has 230 valence electrons. The van der Waals surface area contributed by atoms with Crippen molar-refractivity contribution in [3.63, 3.8) is 0 Å². The van der Waals surface area contributed by atoms with E-state index in [1.54, 1.807) is 5.16 Å². The summed E-state index contributed by atoms with van der Waals surface area (Å²) in [5.74, 6) is -38.7. The summed E-state index contributed by atoms with van der Waals surface area (Å²) in [5, 5.41) is 1.60. The summed E-state index contributed by atoms with van der Waals surface area (Å²) in [6.07, 6.45) is -5.81. The third-order valence-electron chi connectivity index (χ3n) is 4.79. The second-order valence-electron chi connectivity index (χ2n) is 7.58. The highest BCUT2D eigenvalue weighted by molar-refractivity contribution is 7.87. The van der Waals surface area contributed by atoms with Gasteiger partial charge in [0.2, 0.25) is 0 Å². The maximum absolute atomic E-state index is 14.8. The van der Waals surface area contributed by atoms with Gasteiger partial charge in [0.15, 0.2) is 5.71 Å². The van der Waals surface area contributed by atoms with Crippen molar-refractivity contribution in [1.29, 1.82) is 0 Å². The van der Waals surface area contributed by atoms with E-state index in [0.29, 0.717) is 12.1 Å². The Hall–Kier alpha value is -3.39. The molecule has 0 unspecified atom stereocenters. The van der Waals surface area contributed by atoms with Gasteiger partial charge in [0.25, 0.3) is 0 Å². The highest BCUT2D eigenvalue weighted by atomic mass is 32.2. The highest BCUT2D eigenvalue weighted by Crippen LogP contribution is 2.58. The van der Waals surface area contributed by atoms with Gasteiger partial charge in [-0.2, -0.15) is 65.5 Å². The minimum Gasteiger partial charge on any atom is -0.457 e. The summed E-state index contributed by atoms with van der Waals surface area (Å²) in [5.41, 5.74) is -11.5. The SMILES string of the molecule is O=S(=O)(ON=C(c1ccc(Oc2ccccc2)cc1)C(F)(F)C(F)(F)C(F)(F)C(F)(F)C(F)(F)C(F)F)C(F)(F)F. The summed E-state index contributed by atoms with van der Waals surface area (Å²) in [7, 11) is -7.10. The van der Waals surface area contributed by atoms with Gasteiger partial charge in [-0.1, -0.05) is 23.4 Å². The van der Waals surface area contributed by atoms with E-state index in [1.807, 2.05) is 0 Å². The topological polar surface area (TPSA) is 65.0 Å². The van der Waals surface area contributed by atoms with E-state index in [9.17, 15) is 74.3 Å². The fraction of sp³-hybridized carbons (Fsp3) is 0.350. The van der Waals surface area contributed by atoms with E-state index in [-0.39, 0.29) is 23.6 Å². The lowest BCUT2D eigenvalue weighted by molar-refractivity contribution is -0.404. The summed E-state index contributed by atoms with van der Waals surface area (Å²) in [4.78, 5) is 0. The van der Waals surface area contributed by atoms with Crippen molar-refractivity contribution >= 4 is 15.8 Å². The number of hydrogen-bond acceptors (Lipinski definition) is 5. The molecule has 5 nitrogen and oxygen atoms in total. The van der Waals surface area contributed by atoms with E-state index in [2.05, 4.69) is 4.28 Å². The lowest BCUT2D eigenvalue weighted by atomic mass is 9.90. The van der Waals surface area contributed by atoms with Crippen molar-refractivity contribution < 1.29 is 83.3 Å². The van der Waals surface area contributed by atoms with Crippen LogP contribution in [0.1, 0.15) is 5.56 Å². The van der Waals surface area contributed by atoms with Crippen LogP contribution in [0.15, 0.2) is 59.8 Å². The predicted octanol–water partition coefficient (Wildman–Crippen LogP) is 7.49. The molecule has 0 aliphatic rings. The summed E-state index contributed by atoms with van der Waals surface area (Å²) < 4.78 is 232. The molecule has 0 atom stereocenters. The highest BCUT2D eigenvalue weighted by Gasteiger charge is 2.88. The van der Waals surface area contributed by atoms with Crippen LogP contribution in [0.2, 0.25) is 0 Å². The fourth-order valence-corrected chi connectivity index (χ4v) is 2.87. The van der Waals surface area contributed by atoms with Crippen molar-refractivity contribution in [2.24, 2.45) is 5.16 Å². The van der Waals surface area contributed by atoms with Gasteiger partial charge in [0.05, 0.1) is 0 Å². The van der Waals surface area contributed by atoms with Gasteiger partial charge in [-0.3, -0.25) is 4.28 Å². The zero-order valence-electron chi connectivity index (χ0n) is 18.9. The molecule has 21 heteroatoms. The number of hydrogen-bond donors (Lipinski definition) is 0. The molecule has 0 radical (unpaired) electrons. The molecule has 0 heterocycles. The second kappa shape index (κ2) is 10.8. The van der Waals surface area contributed by atoms with Crippen molar-refractivity contribution in [2.45, 2.75) is 41.5 Å². The molecule has 0 amide bonds. The number of oxime groups is 1. The van der Waals surface area contributed by atoms with E-state index in [4.69, 9.17) is 4.74 Å². The number of ether oxygens (including phenoxy) is 1. The Kier molecular flexibility index (Phi) is 8.89. The Morgan fingerprint density at radius 1 is 0.659 bits per heavy atom.